The second-order valence-electron chi connectivity index (χ2n) is 5.84. The van der Waals surface area contributed by atoms with E-state index in [2.05, 4.69) is 42.5 Å². The van der Waals surface area contributed by atoms with Gasteiger partial charge in [-0.05, 0) is 55.3 Å². The summed E-state index contributed by atoms with van der Waals surface area (Å²) in [4.78, 5) is 2.36. The lowest BCUT2D eigenvalue weighted by atomic mass is 9.95. The molecule has 1 saturated carbocycles. The van der Waals surface area contributed by atoms with E-state index in [1.807, 2.05) is 0 Å². The van der Waals surface area contributed by atoms with Gasteiger partial charge in [-0.25, -0.2) is 0 Å². The fraction of sp³-hybridized carbons (Fsp3) is 0.600. The zero-order chi connectivity index (χ0) is 11.9. The van der Waals surface area contributed by atoms with Crippen molar-refractivity contribution in [3.63, 3.8) is 0 Å². The van der Waals surface area contributed by atoms with Crippen molar-refractivity contribution in [2.24, 2.45) is 5.41 Å². The molecule has 17 heavy (non-hydrogen) atoms. The van der Waals surface area contributed by atoms with Crippen LogP contribution in [-0.4, -0.2) is 27.2 Å². The van der Waals surface area contributed by atoms with Crippen molar-refractivity contribution >= 4 is 5.69 Å². The van der Waals surface area contributed by atoms with Crippen LogP contribution < -0.4 is 10.2 Å². The smallest absolute Gasteiger partial charge is 0.0397 e. The van der Waals surface area contributed by atoms with Gasteiger partial charge in [0.15, 0.2) is 0 Å². The van der Waals surface area contributed by atoms with Crippen LogP contribution in [-0.2, 0) is 12.8 Å². The molecule has 0 radical (unpaired) electrons. The Labute approximate surface area is 104 Å². The Hall–Kier alpha value is -1.02. The summed E-state index contributed by atoms with van der Waals surface area (Å²) < 4.78 is 0. The largest absolute Gasteiger partial charge is 0.374 e. The number of likely N-dealkylation sites (N-methyl/N-ethyl adjacent to an activating group) is 1. The maximum Gasteiger partial charge on any atom is 0.0397 e. The lowest BCUT2D eigenvalue weighted by molar-refractivity contribution is 0.478. The third-order valence-electron chi connectivity index (χ3n) is 4.36. The normalized spacial score (nSPS) is 20.5. The van der Waals surface area contributed by atoms with Gasteiger partial charge in [0.2, 0.25) is 0 Å². The maximum atomic E-state index is 3.34. The summed E-state index contributed by atoms with van der Waals surface area (Å²) in [7, 11) is 4.26. The maximum absolute atomic E-state index is 3.34. The minimum atomic E-state index is 0.577. The molecule has 0 aromatic heterocycles. The Morgan fingerprint density at radius 1 is 1.35 bits per heavy atom. The Kier molecular flexibility index (Phi) is 2.62. The molecule has 1 aromatic rings. The van der Waals surface area contributed by atoms with Crippen molar-refractivity contribution in [2.45, 2.75) is 25.7 Å². The highest BCUT2D eigenvalue weighted by atomic mass is 15.1. The minimum Gasteiger partial charge on any atom is -0.374 e. The predicted molar refractivity (Wildman–Crippen MR) is 72.7 cm³/mol. The number of nitrogens with one attached hydrogen (secondary N) is 1. The second kappa shape index (κ2) is 4.02. The fourth-order valence-corrected chi connectivity index (χ4v) is 3.13. The average molecular weight is 230 g/mol. The molecule has 0 unspecified atom stereocenters. The topological polar surface area (TPSA) is 15.3 Å². The van der Waals surface area contributed by atoms with Crippen LogP contribution in [0.15, 0.2) is 18.2 Å². The lowest BCUT2D eigenvalue weighted by Gasteiger charge is -2.16. The monoisotopic (exact) mass is 230 g/mol. The zero-order valence-electron chi connectivity index (χ0n) is 10.9. The molecule has 1 aliphatic carbocycles. The first kappa shape index (κ1) is 11.1. The van der Waals surface area contributed by atoms with Crippen molar-refractivity contribution in [1.82, 2.24) is 5.32 Å². The zero-order valence-corrected chi connectivity index (χ0v) is 10.9. The quantitative estimate of drug-likeness (QED) is 0.853. The molecule has 3 rings (SSSR count). The Morgan fingerprint density at radius 3 is 2.88 bits per heavy atom. The lowest BCUT2D eigenvalue weighted by Crippen LogP contribution is -2.21. The summed E-state index contributed by atoms with van der Waals surface area (Å²) in [5.41, 5.74) is 5.09. The standard InChI is InChI=1S/C15H22N2/c1-16-11-15(6-7-15)10-12-3-4-14-13(9-12)5-8-17(14)2/h3-4,9,16H,5-8,10-11H2,1-2H3. The van der Waals surface area contributed by atoms with Gasteiger partial charge in [0.05, 0.1) is 0 Å². The number of anilines is 1. The van der Waals surface area contributed by atoms with E-state index in [0.29, 0.717) is 5.41 Å². The third-order valence-corrected chi connectivity index (χ3v) is 4.36. The van der Waals surface area contributed by atoms with E-state index in [0.717, 1.165) is 0 Å². The predicted octanol–water partition coefficient (Wildman–Crippen LogP) is 2.22. The molecule has 2 heteroatoms. The highest BCUT2D eigenvalue weighted by Crippen LogP contribution is 2.48. The molecule has 1 aliphatic heterocycles. The number of nitrogens with zero attached hydrogens (tertiary/aromatic N) is 1. The molecule has 0 saturated heterocycles. The van der Waals surface area contributed by atoms with E-state index in [4.69, 9.17) is 0 Å². The second-order valence-corrected chi connectivity index (χ2v) is 5.84. The van der Waals surface area contributed by atoms with Gasteiger partial charge in [0, 0.05) is 25.8 Å². The fourth-order valence-electron chi connectivity index (χ4n) is 3.13. The van der Waals surface area contributed by atoms with E-state index >= 15 is 0 Å². The molecule has 1 aromatic carbocycles. The van der Waals surface area contributed by atoms with Crippen LogP contribution in [0.25, 0.3) is 0 Å². The highest BCUT2D eigenvalue weighted by Gasteiger charge is 2.41. The Balaban J connectivity index is 1.77. The van der Waals surface area contributed by atoms with E-state index in [-0.39, 0.29) is 0 Å². The van der Waals surface area contributed by atoms with E-state index in [9.17, 15) is 0 Å². The summed E-state index contributed by atoms with van der Waals surface area (Å²) in [6.45, 7) is 2.35. The molecule has 2 nitrogen and oxygen atoms in total. The first-order chi connectivity index (χ1) is 8.22. The molecule has 0 bridgehead atoms. The number of hydrogen-bond acceptors (Lipinski definition) is 2. The Morgan fingerprint density at radius 2 is 2.18 bits per heavy atom. The van der Waals surface area contributed by atoms with E-state index in [1.54, 1.807) is 5.56 Å². The van der Waals surface area contributed by atoms with Crippen LogP contribution in [0.3, 0.4) is 0 Å². The van der Waals surface area contributed by atoms with E-state index < -0.39 is 0 Å². The third kappa shape index (κ3) is 2.06. The van der Waals surface area contributed by atoms with Crippen LogP contribution >= 0.6 is 0 Å². The molecular formula is C15H22N2. The summed E-state index contributed by atoms with van der Waals surface area (Å²) in [5, 5.41) is 3.34. The van der Waals surface area contributed by atoms with Crippen molar-refractivity contribution in [3.05, 3.63) is 29.3 Å². The van der Waals surface area contributed by atoms with Gasteiger partial charge in [-0.15, -0.1) is 0 Å². The summed E-state index contributed by atoms with van der Waals surface area (Å²) in [6.07, 6.45) is 5.26. The molecule has 2 aliphatic rings. The first-order valence-electron chi connectivity index (χ1n) is 6.70. The van der Waals surface area contributed by atoms with Gasteiger partial charge in [-0.3, -0.25) is 0 Å². The number of hydrogen-bond donors (Lipinski definition) is 1. The number of benzene rings is 1. The van der Waals surface area contributed by atoms with Crippen LogP contribution in [0.1, 0.15) is 24.0 Å². The molecule has 0 spiro atoms. The molecule has 92 valence electrons. The average Bonchev–Trinajstić information content (AvgIpc) is 2.96. The molecular weight excluding hydrogens is 208 g/mol. The number of rotatable bonds is 4. The molecule has 0 atom stereocenters. The van der Waals surface area contributed by atoms with Gasteiger partial charge in [-0.1, -0.05) is 12.1 Å². The van der Waals surface area contributed by atoms with Gasteiger partial charge >= 0.3 is 0 Å². The molecule has 1 fully saturated rings. The van der Waals surface area contributed by atoms with Crippen LogP contribution in [0, 0.1) is 5.41 Å². The minimum absolute atomic E-state index is 0.577. The van der Waals surface area contributed by atoms with Gasteiger partial charge in [-0.2, -0.15) is 0 Å². The van der Waals surface area contributed by atoms with Gasteiger partial charge < -0.3 is 10.2 Å². The van der Waals surface area contributed by atoms with Crippen molar-refractivity contribution in [3.8, 4) is 0 Å². The summed E-state index contributed by atoms with van der Waals surface area (Å²) in [6, 6.07) is 7.08. The van der Waals surface area contributed by atoms with Crippen molar-refractivity contribution < 1.29 is 0 Å². The van der Waals surface area contributed by atoms with Crippen LogP contribution in [0.2, 0.25) is 0 Å². The van der Waals surface area contributed by atoms with E-state index in [1.165, 1.54) is 50.0 Å². The van der Waals surface area contributed by atoms with Crippen molar-refractivity contribution in [2.75, 3.05) is 32.1 Å². The number of fused-ring (bicyclic) bond motifs is 1. The SMILES string of the molecule is CNCC1(Cc2ccc3c(c2)CCN3C)CC1. The molecule has 1 heterocycles. The Bertz CT molecular complexity index is 421. The van der Waals surface area contributed by atoms with Crippen LogP contribution in [0.5, 0.6) is 0 Å². The van der Waals surface area contributed by atoms with Gasteiger partial charge in [0.1, 0.15) is 0 Å². The summed E-state index contributed by atoms with van der Waals surface area (Å²) in [5.74, 6) is 0. The van der Waals surface area contributed by atoms with Gasteiger partial charge in [0.25, 0.3) is 0 Å². The highest BCUT2D eigenvalue weighted by molar-refractivity contribution is 5.58. The first-order valence-corrected chi connectivity index (χ1v) is 6.70. The molecule has 1 N–H and O–H groups in total. The molecule has 0 amide bonds. The van der Waals surface area contributed by atoms with Crippen LogP contribution in [0.4, 0.5) is 5.69 Å². The summed E-state index contributed by atoms with van der Waals surface area (Å²) >= 11 is 0. The van der Waals surface area contributed by atoms with Crippen molar-refractivity contribution in [1.29, 1.82) is 0 Å².